The number of benzene rings is 1. The van der Waals surface area contributed by atoms with Crippen LogP contribution in [0.15, 0.2) is 18.2 Å². The van der Waals surface area contributed by atoms with Crippen molar-refractivity contribution in [3.05, 3.63) is 23.8 Å². The maximum absolute atomic E-state index is 6.02. The number of hydrogen-bond donors (Lipinski definition) is 1. The fourth-order valence-corrected chi connectivity index (χ4v) is 2.89. The molecule has 1 aromatic rings. The van der Waals surface area contributed by atoms with Crippen molar-refractivity contribution in [3.8, 4) is 11.5 Å². The Morgan fingerprint density at radius 2 is 2.14 bits per heavy atom. The smallest absolute Gasteiger partial charge is 0.165 e. The van der Waals surface area contributed by atoms with E-state index in [4.69, 9.17) is 9.47 Å². The summed E-state index contributed by atoms with van der Waals surface area (Å²) in [6.45, 7) is 10.4. The second-order valence-electron chi connectivity index (χ2n) is 6.59. The molecule has 3 heteroatoms. The molecule has 3 nitrogen and oxygen atoms in total. The van der Waals surface area contributed by atoms with Gasteiger partial charge in [0.1, 0.15) is 5.60 Å². The van der Waals surface area contributed by atoms with Crippen LogP contribution in [0.25, 0.3) is 0 Å². The van der Waals surface area contributed by atoms with Gasteiger partial charge >= 0.3 is 0 Å². The number of unbranched alkanes of at least 4 members (excludes halogenated alkanes) is 1. The van der Waals surface area contributed by atoms with Gasteiger partial charge in [0.25, 0.3) is 0 Å². The maximum atomic E-state index is 6.02. The first-order valence-electron chi connectivity index (χ1n) is 8.19. The van der Waals surface area contributed by atoms with E-state index in [0.717, 1.165) is 37.5 Å². The van der Waals surface area contributed by atoms with Crippen LogP contribution in [0.1, 0.15) is 52.5 Å². The summed E-state index contributed by atoms with van der Waals surface area (Å²) < 4.78 is 12.0. The largest absolute Gasteiger partial charge is 0.490 e. The molecule has 0 amide bonds. The van der Waals surface area contributed by atoms with E-state index >= 15 is 0 Å². The number of nitrogens with one attached hydrogen (secondary N) is 1. The minimum absolute atomic E-state index is 0.108. The van der Waals surface area contributed by atoms with Crippen LogP contribution < -0.4 is 14.8 Å². The molecular weight excluding hydrogens is 262 g/mol. The Balaban J connectivity index is 1.77. The summed E-state index contributed by atoms with van der Waals surface area (Å²) in [5.74, 6) is 1.85. The van der Waals surface area contributed by atoms with Crippen molar-refractivity contribution in [1.29, 1.82) is 0 Å². The Bertz CT molecular complexity index is 457. The molecule has 0 saturated heterocycles. The second kappa shape index (κ2) is 7.17. The quantitative estimate of drug-likeness (QED) is 0.736. The molecule has 1 N–H and O–H groups in total. The lowest BCUT2D eigenvalue weighted by atomic mass is 10.0. The predicted octanol–water partition coefficient (Wildman–Crippen LogP) is 3.95. The second-order valence-corrected chi connectivity index (χ2v) is 6.59. The van der Waals surface area contributed by atoms with Crippen molar-refractivity contribution in [1.82, 2.24) is 5.32 Å². The predicted molar refractivity (Wildman–Crippen MR) is 87.3 cm³/mol. The Kier molecular flexibility index (Phi) is 5.51. The van der Waals surface area contributed by atoms with Crippen LogP contribution in [0.4, 0.5) is 0 Å². The molecule has 0 unspecified atom stereocenters. The zero-order valence-corrected chi connectivity index (χ0v) is 13.9. The standard InChI is InChI=1S/C18H29NO2/c1-5-19-14(2)9-6-7-12-20-16-11-8-10-15-13-18(3,4)21-17(15)16/h8,10-11,14,19H,5-7,9,12-13H2,1-4H3/t14-/m1/s1. The number of fused-ring (bicyclic) bond motifs is 1. The Morgan fingerprint density at radius 1 is 1.33 bits per heavy atom. The minimum atomic E-state index is -0.108. The van der Waals surface area contributed by atoms with Gasteiger partial charge < -0.3 is 14.8 Å². The van der Waals surface area contributed by atoms with Gasteiger partial charge in [-0.2, -0.15) is 0 Å². The van der Waals surface area contributed by atoms with Gasteiger partial charge in [-0.05, 0) is 52.6 Å². The average molecular weight is 291 g/mol. The van der Waals surface area contributed by atoms with Gasteiger partial charge in [-0.1, -0.05) is 19.1 Å². The van der Waals surface area contributed by atoms with E-state index in [0.29, 0.717) is 6.04 Å². The van der Waals surface area contributed by atoms with E-state index in [1.807, 2.05) is 6.07 Å². The molecule has 0 aliphatic carbocycles. The van der Waals surface area contributed by atoms with Crippen LogP contribution in [0.2, 0.25) is 0 Å². The molecule has 118 valence electrons. The molecule has 21 heavy (non-hydrogen) atoms. The summed E-state index contributed by atoms with van der Waals surface area (Å²) >= 11 is 0. The average Bonchev–Trinajstić information content (AvgIpc) is 2.73. The van der Waals surface area contributed by atoms with Gasteiger partial charge in [-0.3, -0.25) is 0 Å². The highest BCUT2D eigenvalue weighted by atomic mass is 16.5. The van der Waals surface area contributed by atoms with Crippen molar-refractivity contribution in [2.24, 2.45) is 0 Å². The van der Waals surface area contributed by atoms with Gasteiger partial charge in [-0.15, -0.1) is 0 Å². The van der Waals surface area contributed by atoms with Crippen LogP contribution in [0, 0.1) is 0 Å². The molecule has 1 aromatic carbocycles. The summed E-state index contributed by atoms with van der Waals surface area (Å²) in [5, 5.41) is 3.44. The number of para-hydroxylation sites is 1. The number of rotatable bonds is 8. The highest BCUT2D eigenvalue weighted by molar-refractivity contribution is 5.50. The molecule has 0 aromatic heterocycles. The zero-order valence-electron chi connectivity index (χ0n) is 13.9. The fourth-order valence-electron chi connectivity index (χ4n) is 2.89. The van der Waals surface area contributed by atoms with Crippen LogP contribution >= 0.6 is 0 Å². The van der Waals surface area contributed by atoms with E-state index in [1.165, 1.54) is 18.4 Å². The van der Waals surface area contributed by atoms with Crippen molar-refractivity contribution >= 4 is 0 Å². The van der Waals surface area contributed by atoms with E-state index in [-0.39, 0.29) is 5.60 Å². The first kappa shape index (κ1) is 16.2. The molecular formula is C18H29NO2. The van der Waals surface area contributed by atoms with E-state index < -0.39 is 0 Å². The van der Waals surface area contributed by atoms with Gasteiger partial charge in [-0.25, -0.2) is 0 Å². The molecule has 2 rings (SSSR count). The molecule has 0 fully saturated rings. The Labute approximate surface area is 129 Å². The third-order valence-electron chi connectivity index (χ3n) is 3.90. The van der Waals surface area contributed by atoms with Crippen molar-refractivity contribution in [2.75, 3.05) is 13.2 Å². The van der Waals surface area contributed by atoms with Crippen LogP contribution in [-0.4, -0.2) is 24.8 Å². The minimum Gasteiger partial charge on any atom is -0.490 e. The summed E-state index contributed by atoms with van der Waals surface area (Å²) in [4.78, 5) is 0. The summed E-state index contributed by atoms with van der Waals surface area (Å²) in [7, 11) is 0. The summed E-state index contributed by atoms with van der Waals surface area (Å²) in [5.41, 5.74) is 1.15. The van der Waals surface area contributed by atoms with Crippen molar-refractivity contribution in [3.63, 3.8) is 0 Å². The lowest BCUT2D eigenvalue weighted by Gasteiger charge is -2.18. The first-order chi connectivity index (χ1) is 10.0. The third-order valence-corrected chi connectivity index (χ3v) is 3.90. The fraction of sp³-hybridized carbons (Fsp3) is 0.667. The molecule has 1 aliphatic rings. The van der Waals surface area contributed by atoms with Gasteiger partial charge in [0.05, 0.1) is 6.61 Å². The normalized spacial score (nSPS) is 17.1. The molecule has 0 spiro atoms. The SMILES string of the molecule is CCN[C@H](C)CCCCOc1cccc2c1OC(C)(C)C2. The molecule has 1 heterocycles. The highest BCUT2D eigenvalue weighted by Gasteiger charge is 2.32. The van der Waals surface area contributed by atoms with E-state index in [9.17, 15) is 0 Å². The Hall–Kier alpha value is -1.22. The summed E-state index contributed by atoms with van der Waals surface area (Å²) in [6, 6.07) is 6.81. The van der Waals surface area contributed by atoms with Crippen molar-refractivity contribution < 1.29 is 9.47 Å². The molecule has 0 bridgehead atoms. The molecule has 1 aliphatic heterocycles. The molecule has 0 saturated carbocycles. The van der Waals surface area contributed by atoms with Gasteiger partial charge in [0, 0.05) is 18.0 Å². The highest BCUT2D eigenvalue weighted by Crippen LogP contribution is 2.41. The number of hydrogen-bond acceptors (Lipinski definition) is 3. The van der Waals surface area contributed by atoms with Crippen LogP contribution in [-0.2, 0) is 6.42 Å². The molecule has 1 atom stereocenters. The van der Waals surface area contributed by atoms with E-state index in [1.54, 1.807) is 0 Å². The maximum Gasteiger partial charge on any atom is 0.165 e. The third kappa shape index (κ3) is 4.63. The monoisotopic (exact) mass is 291 g/mol. The van der Waals surface area contributed by atoms with Crippen molar-refractivity contribution in [2.45, 2.75) is 65.0 Å². The topological polar surface area (TPSA) is 30.5 Å². The van der Waals surface area contributed by atoms with Gasteiger partial charge in [0.15, 0.2) is 11.5 Å². The Morgan fingerprint density at radius 3 is 2.90 bits per heavy atom. The first-order valence-corrected chi connectivity index (χ1v) is 8.19. The lowest BCUT2D eigenvalue weighted by Crippen LogP contribution is -2.25. The van der Waals surface area contributed by atoms with Crippen LogP contribution in [0.5, 0.6) is 11.5 Å². The van der Waals surface area contributed by atoms with Gasteiger partial charge in [0.2, 0.25) is 0 Å². The molecule has 0 radical (unpaired) electrons. The number of ether oxygens (including phenoxy) is 2. The van der Waals surface area contributed by atoms with Crippen LogP contribution in [0.3, 0.4) is 0 Å². The zero-order chi connectivity index (χ0) is 15.3. The van der Waals surface area contributed by atoms with E-state index in [2.05, 4.69) is 45.1 Å². The summed E-state index contributed by atoms with van der Waals surface area (Å²) in [6.07, 6.45) is 4.44. The lowest BCUT2D eigenvalue weighted by molar-refractivity contribution is 0.132.